The van der Waals surface area contributed by atoms with Crippen molar-refractivity contribution in [1.82, 2.24) is 15.1 Å². The maximum Gasteiger partial charge on any atom is 0.317 e. The fourth-order valence-corrected chi connectivity index (χ4v) is 2.04. The third-order valence-electron chi connectivity index (χ3n) is 3.15. The molecule has 0 aliphatic carbocycles. The first-order valence-electron chi connectivity index (χ1n) is 7.18. The second-order valence-corrected chi connectivity index (χ2v) is 6.15. The normalized spacial score (nSPS) is 16.4. The van der Waals surface area contributed by atoms with Gasteiger partial charge in [0, 0.05) is 38.1 Å². The largest absolute Gasteiger partial charge is 0.339 e. The first kappa shape index (κ1) is 15.8. The summed E-state index contributed by atoms with van der Waals surface area (Å²) in [5.41, 5.74) is -0.217. The molecule has 0 spiro atoms. The molecule has 1 N–H and O–H groups in total. The summed E-state index contributed by atoms with van der Waals surface area (Å²) in [6, 6.07) is -0.0341. The van der Waals surface area contributed by atoms with Gasteiger partial charge in [-0.1, -0.05) is 13.3 Å². The Balaban J connectivity index is 2.36. The van der Waals surface area contributed by atoms with Gasteiger partial charge >= 0.3 is 6.03 Å². The molecule has 1 aliphatic heterocycles. The Hall–Kier alpha value is -1.26. The van der Waals surface area contributed by atoms with Crippen LogP contribution in [0.2, 0.25) is 0 Å². The second-order valence-electron chi connectivity index (χ2n) is 6.15. The van der Waals surface area contributed by atoms with Gasteiger partial charge in [0.1, 0.15) is 0 Å². The molecule has 5 heteroatoms. The molecule has 1 heterocycles. The highest BCUT2D eigenvalue weighted by Gasteiger charge is 2.25. The zero-order valence-electron chi connectivity index (χ0n) is 12.7. The minimum Gasteiger partial charge on any atom is -0.339 e. The maximum absolute atomic E-state index is 12.0. The maximum atomic E-state index is 12.0. The number of nitrogens with one attached hydrogen (secondary N) is 1. The summed E-state index contributed by atoms with van der Waals surface area (Å²) in [7, 11) is 0. The minimum absolute atomic E-state index is 0.0341. The minimum atomic E-state index is -0.217. The van der Waals surface area contributed by atoms with E-state index < -0.39 is 0 Å². The van der Waals surface area contributed by atoms with Crippen molar-refractivity contribution in [3.8, 4) is 0 Å². The monoisotopic (exact) mass is 269 g/mol. The molecule has 5 nitrogen and oxygen atoms in total. The number of piperazine rings is 1. The molecule has 0 atom stereocenters. The van der Waals surface area contributed by atoms with E-state index in [9.17, 15) is 9.59 Å². The van der Waals surface area contributed by atoms with Crippen molar-refractivity contribution < 1.29 is 9.59 Å². The molecule has 0 saturated carbocycles. The topological polar surface area (TPSA) is 52.7 Å². The Morgan fingerprint density at radius 3 is 2.05 bits per heavy atom. The van der Waals surface area contributed by atoms with Gasteiger partial charge < -0.3 is 15.1 Å². The predicted octanol–water partition coefficient (Wildman–Crippen LogP) is 1.83. The Kier molecular flexibility index (Phi) is 5.63. The highest BCUT2D eigenvalue weighted by atomic mass is 16.2. The number of carbonyl (C=O) groups is 2. The average Bonchev–Trinajstić information content (AvgIpc) is 2.34. The van der Waals surface area contributed by atoms with E-state index in [1.54, 1.807) is 4.90 Å². The zero-order chi connectivity index (χ0) is 14.5. The number of carbonyl (C=O) groups excluding carboxylic acids is 2. The van der Waals surface area contributed by atoms with Crippen LogP contribution in [-0.4, -0.2) is 53.5 Å². The molecule has 1 rings (SSSR count). The van der Waals surface area contributed by atoms with Gasteiger partial charge in [-0.15, -0.1) is 0 Å². The number of unbranched alkanes of at least 4 members (excludes halogenated alkanes) is 1. The molecule has 19 heavy (non-hydrogen) atoms. The van der Waals surface area contributed by atoms with Crippen LogP contribution >= 0.6 is 0 Å². The number of urea groups is 1. The summed E-state index contributed by atoms with van der Waals surface area (Å²) in [6.45, 7) is 10.5. The summed E-state index contributed by atoms with van der Waals surface area (Å²) in [4.78, 5) is 27.5. The number of nitrogens with zero attached hydrogens (tertiary/aromatic N) is 2. The summed E-state index contributed by atoms with van der Waals surface area (Å²) in [6.07, 6.45) is 2.62. The third kappa shape index (κ3) is 5.49. The van der Waals surface area contributed by atoms with Crippen LogP contribution in [0.15, 0.2) is 0 Å². The summed E-state index contributed by atoms with van der Waals surface area (Å²) in [5, 5.41) is 2.95. The summed E-state index contributed by atoms with van der Waals surface area (Å²) < 4.78 is 0. The molecular weight excluding hydrogens is 242 g/mol. The van der Waals surface area contributed by atoms with Crippen LogP contribution in [0.5, 0.6) is 0 Å². The lowest BCUT2D eigenvalue weighted by atomic mass is 10.1. The van der Waals surface area contributed by atoms with E-state index in [1.165, 1.54) is 0 Å². The smallest absolute Gasteiger partial charge is 0.317 e. The molecule has 1 aliphatic rings. The van der Waals surface area contributed by atoms with Gasteiger partial charge in [0.25, 0.3) is 0 Å². The Morgan fingerprint density at radius 1 is 1.05 bits per heavy atom. The third-order valence-corrected chi connectivity index (χ3v) is 3.15. The lowest BCUT2D eigenvalue weighted by molar-refractivity contribution is -0.132. The van der Waals surface area contributed by atoms with Gasteiger partial charge in [-0.2, -0.15) is 0 Å². The number of hydrogen-bond acceptors (Lipinski definition) is 2. The van der Waals surface area contributed by atoms with Gasteiger partial charge in [0.05, 0.1) is 0 Å². The number of amides is 3. The SMILES string of the molecule is CCCCC(=O)N1CCN(C(=O)NC(C)(C)C)CC1. The van der Waals surface area contributed by atoms with Crippen molar-refractivity contribution >= 4 is 11.9 Å². The molecular formula is C14H27N3O2. The molecule has 3 amide bonds. The average molecular weight is 269 g/mol. The summed E-state index contributed by atoms with van der Waals surface area (Å²) in [5.74, 6) is 0.220. The summed E-state index contributed by atoms with van der Waals surface area (Å²) >= 11 is 0. The molecule has 1 fully saturated rings. The van der Waals surface area contributed by atoms with E-state index >= 15 is 0 Å². The van der Waals surface area contributed by atoms with Gasteiger partial charge in [-0.3, -0.25) is 4.79 Å². The molecule has 0 unspecified atom stereocenters. The van der Waals surface area contributed by atoms with Crippen molar-refractivity contribution in [3.05, 3.63) is 0 Å². The van der Waals surface area contributed by atoms with Gasteiger partial charge in [0.2, 0.25) is 5.91 Å². The van der Waals surface area contributed by atoms with Crippen molar-refractivity contribution in [2.75, 3.05) is 26.2 Å². The van der Waals surface area contributed by atoms with E-state index in [4.69, 9.17) is 0 Å². The van der Waals surface area contributed by atoms with Crippen LogP contribution in [-0.2, 0) is 4.79 Å². The van der Waals surface area contributed by atoms with E-state index in [1.807, 2.05) is 25.7 Å². The molecule has 0 aromatic heterocycles. The second kappa shape index (κ2) is 6.78. The lowest BCUT2D eigenvalue weighted by Crippen LogP contribution is -2.55. The standard InChI is InChI=1S/C14H27N3O2/c1-5-6-7-12(18)16-8-10-17(11-9-16)13(19)15-14(2,3)4/h5-11H2,1-4H3,(H,15,19). The van der Waals surface area contributed by atoms with Crippen molar-refractivity contribution in [3.63, 3.8) is 0 Å². The van der Waals surface area contributed by atoms with E-state index in [2.05, 4.69) is 12.2 Å². The number of rotatable bonds is 3. The highest BCUT2D eigenvalue weighted by Crippen LogP contribution is 2.08. The molecule has 0 aromatic rings. The first-order valence-corrected chi connectivity index (χ1v) is 7.18. The fraction of sp³-hybridized carbons (Fsp3) is 0.857. The Labute approximate surface area is 116 Å². The van der Waals surface area contributed by atoms with Crippen LogP contribution in [0.4, 0.5) is 4.79 Å². The van der Waals surface area contributed by atoms with Crippen molar-refractivity contribution in [1.29, 1.82) is 0 Å². The first-order chi connectivity index (χ1) is 8.83. The Bertz CT molecular complexity index is 315. The molecule has 1 saturated heterocycles. The molecule has 0 aromatic carbocycles. The van der Waals surface area contributed by atoms with Gasteiger partial charge in [0.15, 0.2) is 0 Å². The molecule has 110 valence electrons. The predicted molar refractivity (Wildman–Crippen MR) is 76.0 cm³/mol. The van der Waals surface area contributed by atoms with Gasteiger partial charge in [-0.25, -0.2) is 4.79 Å². The Morgan fingerprint density at radius 2 is 1.58 bits per heavy atom. The van der Waals surface area contributed by atoms with E-state index in [0.717, 1.165) is 12.8 Å². The van der Waals surface area contributed by atoms with Crippen LogP contribution < -0.4 is 5.32 Å². The molecule has 0 bridgehead atoms. The van der Waals surface area contributed by atoms with E-state index in [0.29, 0.717) is 32.6 Å². The van der Waals surface area contributed by atoms with Crippen molar-refractivity contribution in [2.45, 2.75) is 52.5 Å². The molecule has 0 radical (unpaired) electrons. The van der Waals surface area contributed by atoms with Crippen LogP contribution in [0, 0.1) is 0 Å². The zero-order valence-corrected chi connectivity index (χ0v) is 12.7. The van der Waals surface area contributed by atoms with Crippen LogP contribution in [0.3, 0.4) is 0 Å². The number of hydrogen-bond donors (Lipinski definition) is 1. The highest BCUT2D eigenvalue weighted by molar-refractivity contribution is 5.78. The quantitative estimate of drug-likeness (QED) is 0.850. The lowest BCUT2D eigenvalue weighted by Gasteiger charge is -2.36. The van der Waals surface area contributed by atoms with Crippen LogP contribution in [0.25, 0.3) is 0 Å². The van der Waals surface area contributed by atoms with Gasteiger partial charge in [-0.05, 0) is 27.2 Å². The van der Waals surface area contributed by atoms with Crippen molar-refractivity contribution in [2.24, 2.45) is 0 Å². The van der Waals surface area contributed by atoms with E-state index in [-0.39, 0.29) is 17.5 Å². The fourth-order valence-electron chi connectivity index (χ4n) is 2.04. The van der Waals surface area contributed by atoms with Crippen LogP contribution in [0.1, 0.15) is 47.0 Å².